The second-order valence-corrected chi connectivity index (χ2v) is 6.76. The molecule has 4 atom stereocenters. The minimum Gasteiger partial charge on any atom is -0.368 e. The number of nitrogens with two attached hydrogens (primary N) is 2. The first-order valence-corrected chi connectivity index (χ1v) is 7.93. The molecule has 2 amide bonds. The van der Waals surface area contributed by atoms with E-state index in [1.807, 2.05) is 0 Å². The summed E-state index contributed by atoms with van der Waals surface area (Å²) < 4.78 is 0. The summed E-state index contributed by atoms with van der Waals surface area (Å²) in [6, 6.07) is 0.274. The Kier molecular flexibility index (Phi) is 4.88. The van der Waals surface area contributed by atoms with E-state index >= 15 is 0 Å². The molecule has 6 heteroatoms. The van der Waals surface area contributed by atoms with Gasteiger partial charge in [0, 0.05) is 18.6 Å². The molecule has 2 saturated heterocycles. The van der Waals surface area contributed by atoms with E-state index in [4.69, 9.17) is 11.5 Å². The van der Waals surface area contributed by atoms with E-state index in [-0.39, 0.29) is 35.9 Å². The summed E-state index contributed by atoms with van der Waals surface area (Å²) in [6.45, 7) is 8.14. The second-order valence-electron chi connectivity index (χ2n) is 6.76. The van der Waals surface area contributed by atoms with Crippen molar-refractivity contribution in [1.29, 1.82) is 0 Å². The second kappa shape index (κ2) is 6.32. The lowest BCUT2D eigenvalue weighted by atomic mass is 9.89. The molecule has 0 radical (unpaired) electrons. The van der Waals surface area contributed by atoms with Gasteiger partial charge in [-0.2, -0.15) is 0 Å². The van der Waals surface area contributed by atoms with Crippen LogP contribution in [0.1, 0.15) is 40.0 Å². The zero-order valence-corrected chi connectivity index (χ0v) is 13.3. The van der Waals surface area contributed by atoms with Crippen molar-refractivity contribution in [3.05, 3.63) is 0 Å². The summed E-state index contributed by atoms with van der Waals surface area (Å²) in [5.74, 6) is -0.197. The zero-order chi connectivity index (χ0) is 15.7. The third kappa shape index (κ3) is 3.21. The molecule has 4 N–H and O–H groups in total. The highest BCUT2D eigenvalue weighted by atomic mass is 16.2. The molecule has 2 unspecified atom stereocenters. The van der Waals surface area contributed by atoms with Crippen LogP contribution in [0.4, 0.5) is 0 Å². The van der Waals surface area contributed by atoms with Gasteiger partial charge in [0.2, 0.25) is 11.8 Å². The van der Waals surface area contributed by atoms with Crippen molar-refractivity contribution in [2.75, 3.05) is 13.1 Å². The Hall–Kier alpha value is -1.14. The van der Waals surface area contributed by atoms with Gasteiger partial charge in [0.25, 0.3) is 0 Å². The number of primary amides is 2. The largest absolute Gasteiger partial charge is 0.368 e. The highest BCUT2D eigenvalue weighted by Crippen LogP contribution is 2.32. The van der Waals surface area contributed by atoms with Crippen molar-refractivity contribution in [3.8, 4) is 0 Å². The SMILES string of the molecule is CC(CC1CCN(C(C)C)[C@@H]1C(N)=O)N1CC[C@@H]1C(N)=O. The molecule has 120 valence electrons. The first-order valence-electron chi connectivity index (χ1n) is 7.93. The monoisotopic (exact) mass is 296 g/mol. The fourth-order valence-electron chi connectivity index (χ4n) is 3.92. The molecule has 2 aliphatic rings. The molecule has 21 heavy (non-hydrogen) atoms. The van der Waals surface area contributed by atoms with Crippen LogP contribution in [0.2, 0.25) is 0 Å². The zero-order valence-electron chi connectivity index (χ0n) is 13.3. The number of hydrogen-bond donors (Lipinski definition) is 2. The molecule has 0 aromatic rings. The number of hydrogen-bond acceptors (Lipinski definition) is 4. The standard InChI is InChI=1S/C15H28N4O2/c1-9(2)18-6-4-11(13(18)15(17)21)8-10(3)19-7-5-12(19)14(16)20/h9-13H,4-8H2,1-3H3,(H2,16,20)(H2,17,21)/t10?,11?,12-,13+/m1/s1. The molecule has 0 bridgehead atoms. The number of rotatable bonds is 6. The van der Waals surface area contributed by atoms with E-state index in [1.54, 1.807) is 0 Å². The van der Waals surface area contributed by atoms with Gasteiger partial charge in [-0.25, -0.2) is 0 Å². The van der Waals surface area contributed by atoms with E-state index in [0.29, 0.717) is 6.04 Å². The summed E-state index contributed by atoms with van der Waals surface area (Å²) in [5, 5.41) is 0. The third-order valence-corrected chi connectivity index (χ3v) is 5.12. The van der Waals surface area contributed by atoms with Gasteiger partial charge in [0.05, 0.1) is 12.1 Å². The highest BCUT2D eigenvalue weighted by molar-refractivity contribution is 5.81. The maximum Gasteiger partial charge on any atom is 0.235 e. The fourth-order valence-corrected chi connectivity index (χ4v) is 3.92. The maximum atomic E-state index is 11.8. The highest BCUT2D eigenvalue weighted by Gasteiger charge is 2.42. The quantitative estimate of drug-likeness (QED) is 0.716. The third-order valence-electron chi connectivity index (χ3n) is 5.12. The van der Waals surface area contributed by atoms with Gasteiger partial charge in [-0.3, -0.25) is 19.4 Å². The van der Waals surface area contributed by atoms with Crippen LogP contribution in [0.3, 0.4) is 0 Å². The van der Waals surface area contributed by atoms with E-state index in [9.17, 15) is 9.59 Å². The smallest absolute Gasteiger partial charge is 0.235 e. The molecular formula is C15H28N4O2. The van der Waals surface area contributed by atoms with E-state index in [1.165, 1.54) is 0 Å². The molecule has 2 heterocycles. The molecule has 0 aromatic heterocycles. The molecule has 2 fully saturated rings. The number of nitrogens with zero attached hydrogens (tertiary/aromatic N) is 2. The van der Waals surface area contributed by atoms with Crippen molar-refractivity contribution in [1.82, 2.24) is 9.80 Å². The Bertz CT molecular complexity index is 412. The van der Waals surface area contributed by atoms with Gasteiger partial charge in [0.15, 0.2) is 0 Å². The molecule has 2 aliphatic heterocycles. The van der Waals surface area contributed by atoms with Crippen LogP contribution in [0, 0.1) is 5.92 Å². The minimum absolute atomic E-state index is 0.130. The molecular weight excluding hydrogens is 268 g/mol. The Morgan fingerprint density at radius 1 is 1.05 bits per heavy atom. The average Bonchev–Trinajstić information content (AvgIpc) is 2.70. The normalized spacial score (nSPS) is 32.1. The average molecular weight is 296 g/mol. The first-order chi connectivity index (χ1) is 9.82. The van der Waals surface area contributed by atoms with Crippen LogP contribution in [0.5, 0.6) is 0 Å². The van der Waals surface area contributed by atoms with E-state index in [0.717, 1.165) is 32.4 Å². The van der Waals surface area contributed by atoms with Gasteiger partial charge in [0.1, 0.15) is 0 Å². The van der Waals surface area contributed by atoms with Gasteiger partial charge < -0.3 is 11.5 Å². The lowest BCUT2D eigenvalue weighted by Crippen LogP contribution is -2.58. The van der Waals surface area contributed by atoms with Crippen LogP contribution in [0.25, 0.3) is 0 Å². The fraction of sp³-hybridized carbons (Fsp3) is 0.867. The van der Waals surface area contributed by atoms with Crippen molar-refractivity contribution in [2.45, 2.75) is 64.2 Å². The summed E-state index contributed by atoms with van der Waals surface area (Å²) in [6.07, 6.45) is 2.73. The van der Waals surface area contributed by atoms with E-state index in [2.05, 4.69) is 30.6 Å². The summed E-state index contributed by atoms with van der Waals surface area (Å²) in [7, 11) is 0. The molecule has 0 aromatic carbocycles. The number of amides is 2. The van der Waals surface area contributed by atoms with Crippen LogP contribution in [0.15, 0.2) is 0 Å². The van der Waals surface area contributed by atoms with Gasteiger partial charge in [-0.1, -0.05) is 0 Å². The topological polar surface area (TPSA) is 92.7 Å². The van der Waals surface area contributed by atoms with Crippen LogP contribution in [-0.4, -0.2) is 58.9 Å². The Balaban J connectivity index is 1.98. The molecule has 0 spiro atoms. The Morgan fingerprint density at radius 2 is 1.67 bits per heavy atom. The number of carbonyl (C=O) groups is 2. The molecule has 0 saturated carbocycles. The number of carbonyl (C=O) groups excluding carboxylic acids is 2. The lowest BCUT2D eigenvalue weighted by molar-refractivity contribution is -0.130. The summed E-state index contributed by atoms with van der Waals surface area (Å²) in [5.41, 5.74) is 11.0. The minimum atomic E-state index is -0.241. The Labute approximate surface area is 126 Å². The van der Waals surface area contributed by atoms with Crippen LogP contribution < -0.4 is 11.5 Å². The Morgan fingerprint density at radius 3 is 2.10 bits per heavy atom. The summed E-state index contributed by atoms with van der Waals surface area (Å²) >= 11 is 0. The molecule has 0 aliphatic carbocycles. The maximum absolute atomic E-state index is 11.8. The predicted octanol–water partition coefficient (Wildman–Crippen LogP) is -0.0912. The van der Waals surface area contributed by atoms with Crippen molar-refractivity contribution in [3.63, 3.8) is 0 Å². The van der Waals surface area contributed by atoms with Crippen molar-refractivity contribution < 1.29 is 9.59 Å². The van der Waals surface area contributed by atoms with Crippen molar-refractivity contribution in [2.24, 2.45) is 17.4 Å². The van der Waals surface area contributed by atoms with Crippen LogP contribution in [-0.2, 0) is 9.59 Å². The number of likely N-dealkylation sites (tertiary alicyclic amines) is 2. The van der Waals surface area contributed by atoms with E-state index < -0.39 is 0 Å². The molecule has 6 nitrogen and oxygen atoms in total. The lowest BCUT2D eigenvalue weighted by Gasteiger charge is -2.44. The summed E-state index contributed by atoms with van der Waals surface area (Å²) in [4.78, 5) is 27.5. The van der Waals surface area contributed by atoms with Gasteiger partial charge in [-0.05, 0) is 52.5 Å². The van der Waals surface area contributed by atoms with Gasteiger partial charge >= 0.3 is 0 Å². The van der Waals surface area contributed by atoms with Crippen molar-refractivity contribution >= 4 is 11.8 Å². The van der Waals surface area contributed by atoms with Gasteiger partial charge in [-0.15, -0.1) is 0 Å². The predicted molar refractivity (Wildman–Crippen MR) is 81.3 cm³/mol. The van der Waals surface area contributed by atoms with Crippen LogP contribution >= 0.6 is 0 Å². The molecule has 2 rings (SSSR count). The first kappa shape index (κ1) is 16.2.